The maximum absolute atomic E-state index is 12.3. The topological polar surface area (TPSA) is 32.3 Å². The average molecular weight is 288 g/mol. The van der Waals surface area contributed by atoms with Gasteiger partial charge in [-0.2, -0.15) is 0 Å². The highest BCUT2D eigenvalue weighted by atomic mass is 16.1. The molecule has 1 aliphatic rings. The van der Waals surface area contributed by atoms with Gasteiger partial charge in [-0.05, 0) is 43.7 Å². The van der Waals surface area contributed by atoms with Gasteiger partial charge in [0.15, 0.2) is 0 Å². The van der Waals surface area contributed by atoms with Crippen LogP contribution in [-0.2, 0) is 0 Å². The summed E-state index contributed by atoms with van der Waals surface area (Å²) in [7, 11) is 0. The minimum absolute atomic E-state index is 0.0503. The van der Waals surface area contributed by atoms with Gasteiger partial charge in [-0.1, -0.05) is 31.5 Å². The Morgan fingerprint density at radius 2 is 1.90 bits per heavy atom. The molecule has 1 N–H and O–H groups in total. The van der Waals surface area contributed by atoms with E-state index < -0.39 is 0 Å². The number of likely N-dealkylation sites (tertiary alicyclic amines) is 1. The van der Waals surface area contributed by atoms with Gasteiger partial charge in [-0.3, -0.25) is 4.79 Å². The van der Waals surface area contributed by atoms with Gasteiger partial charge in [-0.25, -0.2) is 0 Å². The Hall–Kier alpha value is -1.35. The van der Waals surface area contributed by atoms with E-state index in [1.807, 2.05) is 32.0 Å². The standard InChI is InChI=1S/C18H28N2O/c1-13-5-6-16(4)17(10-13)18(21)19-7-8-20-11-14(2)9-15(3)12-20/h5-6,10,14-15H,7-9,11-12H2,1-4H3,(H,19,21)/t14-,15-/m1/s1. The van der Waals surface area contributed by atoms with Gasteiger partial charge in [-0.15, -0.1) is 0 Å². The summed E-state index contributed by atoms with van der Waals surface area (Å²) in [6, 6.07) is 6.02. The maximum Gasteiger partial charge on any atom is 0.251 e. The fraction of sp³-hybridized carbons (Fsp3) is 0.611. The monoisotopic (exact) mass is 288 g/mol. The Morgan fingerprint density at radius 3 is 2.57 bits per heavy atom. The molecule has 1 saturated heterocycles. The van der Waals surface area contributed by atoms with E-state index in [9.17, 15) is 4.79 Å². The lowest BCUT2D eigenvalue weighted by atomic mass is 9.92. The maximum atomic E-state index is 12.3. The van der Waals surface area contributed by atoms with Crippen molar-refractivity contribution in [2.24, 2.45) is 11.8 Å². The van der Waals surface area contributed by atoms with Gasteiger partial charge < -0.3 is 10.2 Å². The van der Waals surface area contributed by atoms with Crippen LogP contribution in [0.3, 0.4) is 0 Å². The van der Waals surface area contributed by atoms with Crippen molar-refractivity contribution in [2.75, 3.05) is 26.2 Å². The van der Waals surface area contributed by atoms with Crippen molar-refractivity contribution in [1.82, 2.24) is 10.2 Å². The Morgan fingerprint density at radius 1 is 1.24 bits per heavy atom. The predicted octanol–water partition coefficient (Wildman–Crippen LogP) is 3.01. The van der Waals surface area contributed by atoms with E-state index >= 15 is 0 Å². The minimum atomic E-state index is 0.0503. The predicted molar refractivity (Wildman–Crippen MR) is 87.6 cm³/mol. The molecular weight excluding hydrogens is 260 g/mol. The second kappa shape index (κ2) is 7.08. The molecule has 0 aromatic heterocycles. The van der Waals surface area contributed by atoms with Gasteiger partial charge >= 0.3 is 0 Å². The zero-order valence-corrected chi connectivity index (χ0v) is 13.8. The van der Waals surface area contributed by atoms with Crippen LogP contribution < -0.4 is 5.32 Å². The molecule has 0 saturated carbocycles. The molecule has 0 unspecified atom stereocenters. The second-order valence-corrected chi connectivity index (χ2v) is 6.78. The van der Waals surface area contributed by atoms with Crippen molar-refractivity contribution in [3.05, 3.63) is 34.9 Å². The quantitative estimate of drug-likeness (QED) is 0.923. The van der Waals surface area contributed by atoms with E-state index in [4.69, 9.17) is 0 Å². The lowest BCUT2D eigenvalue weighted by molar-refractivity contribution is 0.0936. The van der Waals surface area contributed by atoms with Crippen LogP contribution in [0.2, 0.25) is 0 Å². The molecule has 1 aliphatic heterocycles. The number of nitrogens with one attached hydrogen (secondary N) is 1. The first-order chi connectivity index (χ1) is 9.95. The Balaban J connectivity index is 1.83. The Labute approximate surface area is 128 Å². The molecule has 21 heavy (non-hydrogen) atoms. The lowest BCUT2D eigenvalue weighted by Gasteiger charge is -2.34. The van der Waals surface area contributed by atoms with Gasteiger partial charge in [0.05, 0.1) is 0 Å². The minimum Gasteiger partial charge on any atom is -0.351 e. The van der Waals surface area contributed by atoms with Crippen molar-refractivity contribution >= 4 is 5.91 Å². The van der Waals surface area contributed by atoms with Gasteiger partial charge in [0.2, 0.25) is 0 Å². The molecule has 0 spiro atoms. The highest BCUT2D eigenvalue weighted by Gasteiger charge is 2.21. The third-order valence-corrected chi connectivity index (χ3v) is 4.30. The fourth-order valence-corrected chi connectivity index (χ4v) is 3.38. The summed E-state index contributed by atoms with van der Waals surface area (Å²) in [5.74, 6) is 1.58. The van der Waals surface area contributed by atoms with Crippen molar-refractivity contribution in [2.45, 2.75) is 34.1 Å². The molecule has 3 heteroatoms. The number of hydrogen-bond donors (Lipinski definition) is 1. The number of aryl methyl sites for hydroxylation is 2. The number of benzene rings is 1. The number of carbonyl (C=O) groups excluding carboxylic acids is 1. The molecule has 1 aromatic rings. The second-order valence-electron chi connectivity index (χ2n) is 6.78. The number of rotatable bonds is 4. The van der Waals surface area contributed by atoms with Crippen LogP contribution in [0.1, 0.15) is 41.8 Å². The SMILES string of the molecule is Cc1ccc(C)c(C(=O)NCCN2C[C@H](C)C[C@@H](C)C2)c1. The van der Waals surface area contributed by atoms with Crippen LogP contribution >= 0.6 is 0 Å². The van der Waals surface area contributed by atoms with E-state index in [0.717, 1.165) is 54.7 Å². The molecule has 1 amide bonds. The Bertz CT molecular complexity index is 488. The van der Waals surface area contributed by atoms with Crippen LogP contribution in [0.15, 0.2) is 18.2 Å². The summed E-state index contributed by atoms with van der Waals surface area (Å²) in [6.45, 7) is 12.6. The molecule has 116 valence electrons. The largest absolute Gasteiger partial charge is 0.351 e. The lowest BCUT2D eigenvalue weighted by Crippen LogP contribution is -2.42. The number of hydrogen-bond acceptors (Lipinski definition) is 2. The molecule has 1 heterocycles. The van der Waals surface area contributed by atoms with Crippen molar-refractivity contribution in [1.29, 1.82) is 0 Å². The van der Waals surface area contributed by atoms with E-state index in [1.54, 1.807) is 0 Å². The molecule has 1 fully saturated rings. The van der Waals surface area contributed by atoms with E-state index in [1.165, 1.54) is 6.42 Å². The summed E-state index contributed by atoms with van der Waals surface area (Å²) in [5.41, 5.74) is 2.97. The van der Waals surface area contributed by atoms with Crippen LogP contribution in [0.25, 0.3) is 0 Å². The summed E-state index contributed by atoms with van der Waals surface area (Å²) in [6.07, 6.45) is 1.32. The van der Waals surface area contributed by atoms with E-state index in [2.05, 4.69) is 24.1 Å². The van der Waals surface area contributed by atoms with Crippen LogP contribution in [0.4, 0.5) is 0 Å². The molecule has 0 bridgehead atoms. The third kappa shape index (κ3) is 4.57. The first kappa shape index (κ1) is 16.0. The van der Waals surface area contributed by atoms with Crippen molar-refractivity contribution in [3.63, 3.8) is 0 Å². The highest BCUT2D eigenvalue weighted by Crippen LogP contribution is 2.20. The number of amides is 1. The van der Waals surface area contributed by atoms with Crippen LogP contribution in [0.5, 0.6) is 0 Å². The molecular formula is C18H28N2O. The number of piperidine rings is 1. The van der Waals surface area contributed by atoms with Crippen molar-refractivity contribution in [3.8, 4) is 0 Å². The van der Waals surface area contributed by atoms with Crippen molar-refractivity contribution < 1.29 is 4.79 Å². The van der Waals surface area contributed by atoms with Gasteiger partial charge in [0, 0.05) is 31.7 Å². The molecule has 0 radical (unpaired) electrons. The Kier molecular flexibility index (Phi) is 5.40. The van der Waals surface area contributed by atoms with Gasteiger partial charge in [0.25, 0.3) is 5.91 Å². The third-order valence-electron chi connectivity index (χ3n) is 4.30. The zero-order chi connectivity index (χ0) is 15.4. The smallest absolute Gasteiger partial charge is 0.251 e. The summed E-state index contributed by atoms with van der Waals surface area (Å²) >= 11 is 0. The fourth-order valence-electron chi connectivity index (χ4n) is 3.38. The molecule has 0 aliphatic carbocycles. The first-order valence-corrected chi connectivity index (χ1v) is 8.03. The normalized spacial score (nSPS) is 23.0. The molecule has 2 rings (SSSR count). The van der Waals surface area contributed by atoms with E-state index in [0.29, 0.717) is 0 Å². The highest BCUT2D eigenvalue weighted by molar-refractivity contribution is 5.95. The molecule has 1 aromatic carbocycles. The van der Waals surface area contributed by atoms with Crippen LogP contribution in [0, 0.1) is 25.7 Å². The number of carbonyl (C=O) groups is 1. The number of nitrogens with zero attached hydrogens (tertiary/aromatic N) is 1. The average Bonchev–Trinajstić information content (AvgIpc) is 2.40. The zero-order valence-electron chi connectivity index (χ0n) is 13.8. The van der Waals surface area contributed by atoms with Gasteiger partial charge in [0.1, 0.15) is 0 Å². The molecule has 2 atom stereocenters. The van der Waals surface area contributed by atoms with Crippen LogP contribution in [-0.4, -0.2) is 37.0 Å². The molecule has 3 nitrogen and oxygen atoms in total. The van der Waals surface area contributed by atoms with E-state index in [-0.39, 0.29) is 5.91 Å². The summed E-state index contributed by atoms with van der Waals surface area (Å²) in [5, 5.41) is 3.06. The first-order valence-electron chi connectivity index (χ1n) is 8.03. The summed E-state index contributed by atoms with van der Waals surface area (Å²) < 4.78 is 0. The summed E-state index contributed by atoms with van der Waals surface area (Å²) in [4.78, 5) is 14.7.